The number of carbonyl (C=O) groups excluding carboxylic acids is 1. The molecule has 0 radical (unpaired) electrons. The van der Waals surface area contributed by atoms with Gasteiger partial charge in [-0.25, -0.2) is 13.1 Å². The molecule has 2 aromatic carbocycles. The molecule has 0 saturated carbocycles. The highest BCUT2D eigenvalue weighted by Gasteiger charge is 2.34. The van der Waals surface area contributed by atoms with E-state index in [1.807, 2.05) is 51.1 Å². The summed E-state index contributed by atoms with van der Waals surface area (Å²) in [5, 5.41) is 5.86. The Morgan fingerprint density at radius 3 is 2.53 bits per heavy atom. The van der Waals surface area contributed by atoms with Crippen molar-refractivity contribution in [2.24, 2.45) is 0 Å². The molecule has 7 nitrogen and oxygen atoms in total. The quantitative estimate of drug-likeness (QED) is 0.593. The molecule has 0 aliphatic carbocycles. The molecule has 168 valence electrons. The number of nitrogens with zero attached hydrogens (tertiary/aromatic N) is 3. The van der Waals surface area contributed by atoms with Gasteiger partial charge in [0.05, 0.1) is 22.6 Å². The van der Waals surface area contributed by atoms with E-state index in [4.69, 9.17) is 0 Å². The molecule has 1 saturated heterocycles. The molecule has 1 atom stereocenters. The van der Waals surface area contributed by atoms with Gasteiger partial charge < -0.3 is 4.90 Å². The maximum Gasteiger partial charge on any atom is 0.275 e. The lowest BCUT2D eigenvalue weighted by atomic mass is 9.99. The van der Waals surface area contributed by atoms with E-state index in [0.29, 0.717) is 24.0 Å². The lowest BCUT2D eigenvalue weighted by Crippen LogP contribution is -2.44. The molecular weight excluding hydrogens is 426 g/mol. The molecular formula is C24H27N3O4S. The second kappa shape index (κ2) is 8.50. The monoisotopic (exact) mass is 453 g/mol. The maximum absolute atomic E-state index is 13.2. The predicted molar refractivity (Wildman–Crippen MR) is 125 cm³/mol. The van der Waals surface area contributed by atoms with Gasteiger partial charge in [-0.1, -0.05) is 35.9 Å². The minimum atomic E-state index is -3.12. The number of benzene rings is 2. The average molecular weight is 454 g/mol. The van der Waals surface area contributed by atoms with Crippen LogP contribution in [0, 0.1) is 13.8 Å². The molecule has 0 bridgehead atoms. The first-order valence-electron chi connectivity index (χ1n) is 10.8. The third kappa shape index (κ3) is 4.19. The van der Waals surface area contributed by atoms with Gasteiger partial charge in [-0.2, -0.15) is 5.10 Å². The molecule has 8 heteroatoms. The highest BCUT2D eigenvalue weighted by Crippen LogP contribution is 2.28. The van der Waals surface area contributed by atoms with Gasteiger partial charge in [0.25, 0.3) is 5.56 Å². The minimum Gasteiger partial charge on any atom is -0.337 e. The number of hydrogen-bond acceptors (Lipinski definition) is 5. The Bertz CT molecular complexity index is 1360. The van der Waals surface area contributed by atoms with E-state index in [-0.39, 0.29) is 35.6 Å². The summed E-state index contributed by atoms with van der Waals surface area (Å²) in [6.07, 6.45) is 0.426. The van der Waals surface area contributed by atoms with Crippen LogP contribution in [0.15, 0.2) is 47.3 Å². The number of aromatic nitrogens is 2. The van der Waals surface area contributed by atoms with Gasteiger partial charge in [0.1, 0.15) is 6.54 Å². The van der Waals surface area contributed by atoms with Crippen molar-refractivity contribution >= 4 is 26.5 Å². The number of hydrogen-bond donors (Lipinski definition) is 0. The van der Waals surface area contributed by atoms with Crippen LogP contribution >= 0.6 is 0 Å². The van der Waals surface area contributed by atoms with E-state index in [9.17, 15) is 18.0 Å². The third-order valence-electron chi connectivity index (χ3n) is 6.11. The van der Waals surface area contributed by atoms with Gasteiger partial charge in [0, 0.05) is 23.5 Å². The van der Waals surface area contributed by atoms with Gasteiger partial charge in [0.15, 0.2) is 9.84 Å². The van der Waals surface area contributed by atoms with Crippen LogP contribution in [0.2, 0.25) is 0 Å². The Labute approximate surface area is 187 Å². The molecule has 0 N–H and O–H groups in total. The Kier molecular flexibility index (Phi) is 5.90. The fraction of sp³-hybridized carbons (Fsp3) is 0.375. The standard InChI is InChI=1S/C24H27N3O4S/c1-4-26(18-11-12-32(30,31)15-18)22(28)14-27-24(29)20-8-6-5-7-19(20)23(25-27)21-13-16(2)9-10-17(21)3/h5-10,13,18H,4,11-12,14-15H2,1-3H3/t18-/m1/s1. The van der Waals surface area contributed by atoms with Crippen molar-refractivity contribution in [1.82, 2.24) is 14.7 Å². The molecule has 3 aromatic rings. The first-order valence-corrected chi connectivity index (χ1v) is 12.6. The van der Waals surface area contributed by atoms with E-state index < -0.39 is 9.84 Å². The summed E-state index contributed by atoms with van der Waals surface area (Å²) in [5.41, 5.74) is 3.33. The molecule has 0 spiro atoms. The summed E-state index contributed by atoms with van der Waals surface area (Å²) < 4.78 is 25.0. The van der Waals surface area contributed by atoms with Crippen molar-refractivity contribution < 1.29 is 13.2 Å². The van der Waals surface area contributed by atoms with E-state index in [0.717, 1.165) is 22.1 Å². The third-order valence-corrected chi connectivity index (χ3v) is 7.86. The molecule has 1 aliphatic heterocycles. The van der Waals surface area contributed by atoms with Gasteiger partial charge >= 0.3 is 0 Å². The molecule has 1 aromatic heterocycles. The highest BCUT2D eigenvalue weighted by molar-refractivity contribution is 7.91. The minimum absolute atomic E-state index is 0.0274. The van der Waals surface area contributed by atoms with E-state index in [1.54, 1.807) is 17.0 Å². The van der Waals surface area contributed by atoms with E-state index >= 15 is 0 Å². The molecule has 2 heterocycles. The fourth-order valence-electron chi connectivity index (χ4n) is 4.41. The van der Waals surface area contributed by atoms with Crippen LogP contribution in [-0.2, 0) is 21.2 Å². The number of fused-ring (bicyclic) bond motifs is 1. The molecule has 4 rings (SSSR count). The lowest BCUT2D eigenvalue weighted by molar-refractivity contribution is -0.133. The maximum atomic E-state index is 13.2. The van der Waals surface area contributed by atoms with Crippen LogP contribution in [0.25, 0.3) is 22.0 Å². The zero-order valence-electron chi connectivity index (χ0n) is 18.5. The number of carbonyl (C=O) groups is 1. The lowest BCUT2D eigenvalue weighted by Gasteiger charge is -2.27. The first-order chi connectivity index (χ1) is 15.2. The Hall–Kier alpha value is -3.00. The van der Waals surface area contributed by atoms with Crippen LogP contribution in [0.4, 0.5) is 0 Å². The van der Waals surface area contributed by atoms with Crippen LogP contribution in [0.1, 0.15) is 24.5 Å². The second-order valence-corrected chi connectivity index (χ2v) is 10.6. The number of likely N-dealkylation sites (N-methyl/N-ethyl adjacent to an activating group) is 1. The van der Waals surface area contributed by atoms with Crippen LogP contribution in [0.3, 0.4) is 0 Å². The largest absolute Gasteiger partial charge is 0.337 e. The number of amides is 1. The van der Waals surface area contributed by atoms with Crippen molar-refractivity contribution in [3.05, 3.63) is 63.9 Å². The topological polar surface area (TPSA) is 89.3 Å². The zero-order chi connectivity index (χ0) is 23.0. The van der Waals surface area contributed by atoms with Crippen LogP contribution in [0.5, 0.6) is 0 Å². The fourth-order valence-corrected chi connectivity index (χ4v) is 6.14. The average Bonchev–Trinajstić information content (AvgIpc) is 3.12. The summed E-state index contributed by atoms with van der Waals surface area (Å²) in [7, 11) is -3.12. The Balaban J connectivity index is 1.78. The predicted octanol–water partition coefficient (Wildman–Crippen LogP) is 2.72. The van der Waals surface area contributed by atoms with Crippen LogP contribution < -0.4 is 5.56 Å². The smallest absolute Gasteiger partial charge is 0.275 e. The van der Waals surface area contributed by atoms with Gasteiger partial charge in [-0.15, -0.1) is 0 Å². The summed E-state index contributed by atoms with van der Waals surface area (Å²) in [5.74, 6) is -0.237. The van der Waals surface area contributed by atoms with E-state index in [1.165, 1.54) is 4.68 Å². The zero-order valence-corrected chi connectivity index (χ0v) is 19.4. The summed E-state index contributed by atoms with van der Waals surface area (Å²) >= 11 is 0. The Morgan fingerprint density at radius 1 is 1.16 bits per heavy atom. The number of sulfone groups is 1. The van der Waals surface area contributed by atoms with Crippen molar-refractivity contribution in [1.29, 1.82) is 0 Å². The summed E-state index contributed by atoms with van der Waals surface area (Å²) in [6, 6.07) is 13.0. The summed E-state index contributed by atoms with van der Waals surface area (Å²) in [6.45, 7) is 5.96. The molecule has 32 heavy (non-hydrogen) atoms. The van der Waals surface area contributed by atoms with E-state index in [2.05, 4.69) is 5.10 Å². The van der Waals surface area contributed by atoms with Gasteiger partial charge in [0.2, 0.25) is 5.91 Å². The van der Waals surface area contributed by atoms with Crippen molar-refractivity contribution in [2.45, 2.75) is 39.8 Å². The molecule has 1 aliphatic rings. The molecule has 1 fully saturated rings. The number of rotatable bonds is 5. The van der Waals surface area contributed by atoms with Crippen molar-refractivity contribution in [3.63, 3.8) is 0 Å². The SMILES string of the molecule is CCN(C(=O)Cn1nc(-c2cc(C)ccc2C)c2ccccc2c1=O)[C@@H]1CCS(=O)(=O)C1. The Morgan fingerprint density at radius 2 is 1.88 bits per heavy atom. The second-order valence-electron chi connectivity index (χ2n) is 8.41. The van der Waals surface area contributed by atoms with Gasteiger partial charge in [-0.3, -0.25) is 9.59 Å². The highest BCUT2D eigenvalue weighted by atomic mass is 32.2. The molecule has 0 unspecified atom stereocenters. The molecule has 1 amide bonds. The first kappa shape index (κ1) is 22.2. The number of aryl methyl sites for hydroxylation is 2. The van der Waals surface area contributed by atoms with Crippen molar-refractivity contribution in [3.8, 4) is 11.3 Å². The van der Waals surface area contributed by atoms with Crippen molar-refractivity contribution in [2.75, 3.05) is 18.1 Å². The summed E-state index contributed by atoms with van der Waals surface area (Å²) in [4.78, 5) is 27.9. The van der Waals surface area contributed by atoms with Gasteiger partial charge in [-0.05, 0) is 44.9 Å². The normalized spacial score (nSPS) is 17.5. The van der Waals surface area contributed by atoms with Crippen LogP contribution in [-0.4, -0.2) is 53.1 Å².